The monoisotopic (exact) mass is 492 g/mol. The minimum absolute atomic E-state index is 0.591. The van der Waals surface area contributed by atoms with Crippen LogP contribution in [-0.4, -0.2) is 9.97 Å². The first-order chi connectivity index (χ1) is 18.8. The fourth-order valence-corrected chi connectivity index (χ4v) is 4.79. The standard InChI is InChI=1S/C34H24N2O2/c1-3-7-23(8-4-1)19-25-11-15-27(16-12-25)33-35-29-21-32-30(22-31(29)37-33)36-34(38-32)28-17-13-26(14-18-28)20-24-9-5-2-6-10-24/h1-18,21-22H,19-20H2. The molecule has 0 spiro atoms. The first-order valence-corrected chi connectivity index (χ1v) is 12.7. The second kappa shape index (κ2) is 9.49. The third-order valence-electron chi connectivity index (χ3n) is 6.80. The summed E-state index contributed by atoms with van der Waals surface area (Å²) in [5.41, 5.74) is 9.86. The molecule has 0 saturated heterocycles. The number of oxazole rings is 2. The molecule has 0 N–H and O–H groups in total. The highest BCUT2D eigenvalue weighted by molar-refractivity contribution is 5.91. The van der Waals surface area contributed by atoms with Gasteiger partial charge in [-0.3, -0.25) is 0 Å². The minimum Gasteiger partial charge on any atom is -0.436 e. The van der Waals surface area contributed by atoms with E-state index in [4.69, 9.17) is 18.8 Å². The van der Waals surface area contributed by atoms with Crippen molar-refractivity contribution in [3.63, 3.8) is 0 Å². The fourth-order valence-electron chi connectivity index (χ4n) is 4.79. The molecule has 0 aliphatic heterocycles. The van der Waals surface area contributed by atoms with Gasteiger partial charge in [0.15, 0.2) is 11.2 Å². The highest BCUT2D eigenvalue weighted by Gasteiger charge is 2.14. The van der Waals surface area contributed by atoms with E-state index in [0.717, 1.165) is 35.0 Å². The second-order valence-electron chi connectivity index (χ2n) is 9.54. The van der Waals surface area contributed by atoms with Crippen LogP contribution >= 0.6 is 0 Å². The minimum atomic E-state index is 0.591. The molecule has 0 radical (unpaired) electrons. The maximum Gasteiger partial charge on any atom is 0.227 e. The van der Waals surface area contributed by atoms with Crippen LogP contribution in [0.25, 0.3) is 45.1 Å². The van der Waals surface area contributed by atoms with E-state index in [1.807, 2.05) is 24.3 Å². The van der Waals surface area contributed by atoms with Crippen LogP contribution in [-0.2, 0) is 12.8 Å². The molecular formula is C34H24N2O2. The Morgan fingerprint density at radius 1 is 0.421 bits per heavy atom. The summed E-state index contributed by atoms with van der Waals surface area (Å²) in [6.45, 7) is 0. The summed E-state index contributed by atoms with van der Waals surface area (Å²) in [7, 11) is 0. The zero-order valence-corrected chi connectivity index (χ0v) is 20.7. The molecule has 0 fully saturated rings. The number of rotatable bonds is 6. The molecule has 0 unspecified atom stereocenters. The Morgan fingerprint density at radius 3 is 1.18 bits per heavy atom. The van der Waals surface area contributed by atoms with Gasteiger partial charge in [0.1, 0.15) is 11.0 Å². The predicted octanol–water partition coefficient (Wildman–Crippen LogP) is 8.48. The first kappa shape index (κ1) is 22.3. The zero-order chi connectivity index (χ0) is 25.3. The molecule has 7 aromatic rings. The van der Waals surface area contributed by atoms with Gasteiger partial charge in [0.25, 0.3) is 0 Å². The molecule has 2 aromatic heterocycles. The van der Waals surface area contributed by atoms with E-state index >= 15 is 0 Å². The van der Waals surface area contributed by atoms with Gasteiger partial charge in [0.2, 0.25) is 11.8 Å². The van der Waals surface area contributed by atoms with Crippen LogP contribution in [0.4, 0.5) is 0 Å². The number of fused-ring (bicyclic) bond motifs is 2. The van der Waals surface area contributed by atoms with E-state index in [1.54, 1.807) is 0 Å². The summed E-state index contributed by atoms with van der Waals surface area (Å²) in [6, 6.07) is 41.5. The SMILES string of the molecule is c1ccc(Cc2ccc(-c3nc4cc5oc(-c6ccc(Cc7ccccc7)cc6)nc5cc4o3)cc2)cc1. The normalized spacial score (nSPS) is 11.4. The first-order valence-electron chi connectivity index (χ1n) is 12.7. The van der Waals surface area contributed by atoms with Gasteiger partial charge in [-0.1, -0.05) is 84.9 Å². The Kier molecular flexibility index (Phi) is 5.56. The Balaban J connectivity index is 1.12. The third-order valence-corrected chi connectivity index (χ3v) is 6.80. The summed E-state index contributed by atoms with van der Waals surface area (Å²) in [5, 5.41) is 0. The van der Waals surface area contributed by atoms with E-state index in [1.165, 1.54) is 22.3 Å². The van der Waals surface area contributed by atoms with E-state index in [2.05, 4.69) is 97.1 Å². The van der Waals surface area contributed by atoms with E-state index in [0.29, 0.717) is 22.9 Å². The lowest BCUT2D eigenvalue weighted by molar-refractivity contribution is 0.618. The van der Waals surface area contributed by atoms with Gasteiger partial charge in [0.05, 0.1) is 0 Å². The van der Waals surface area contributed by atoms with Gasteiger partial charge in [0, 0.05) is 23.3 Å². The van der Waals surface area contributed by atoms with Crippen LogP contribution in [0.3, 0.4) is 0 Å². The molecule has 0 atom stereocenters. The van der Waals surface area contributed by atoms with E-state index in [9.17, 15) is 0 Å². The summed E-state index contributed by atoms with van der Waals surface area (Å²) in [6.07, 6.45) is 1.80. The molecule has 4 heteroatoms. The van der Waals surface area contributed by atoms with Crippen LogP contribution in [0, 0.1) is 0 Å². The van der Waals surface area contributed by atoms with Crippen molar-refractivity contribution < 1.29 is 8.83 Å². The Labute approximate surface area is 220 Å². The lowest BCUT2D eigenvalue weighted by Gasteiger charge is -2.02. The zero-order valence-electron chi connectivity index (χ0n) is 20.7. The maximum atomic E-state index is 6.11. The molecule has 0 aliphatic rings. The molecule has 0 amide bonds. The smallest absolute Gasteiger partial charge is 0.227 e. The topological polar surface area (TPSA) is 52.1 Å². The van der Waals surface area contributed by atoms with Gasteiger partial charge < -0.3 is 8.83 Å². The van der Waals surface area contributed by atoms with Crippen molar-refractivity contribution >= 4 is 22.2 Å². The van der Waals surface area contributed by atoms with Crippen molar-refractivity contribution in [1.29, 1.82) is 0 Å². The lowest BCUT2D eigenvalue weighted by atomic mass is 10.0. The maximum absolute atomic E-state index is 6.11. The molecule has 0 bridgehead atoms. The molecule has 182 valence electrons. The number of aromatic nitrogens is 2. The Bertz CT molecular complexity index is 1650. The largest absolute Gasteiger partial charge is 0.436 e. The number of hydrogen-bond donors (Lipinski definition) is 0. The van der Waals surface area contributed by atoms with Crippen molar-refractivity contribution in [1.82, 2.24) is 9.97 Å². The lowest BCUT2D eigenvalue weighted by Crippen LogP contribution is -1.87. The van der Waals surface area contributed by atoms with Crippen molar-refractivity contribution in [3.8, 4) is 22.9 Å². The highest BCUT2D eigenvalue weighted by Crippen LogP contribution is 2.31. The van der Waals surface area contributed by atoms with Gasteiger partial charge in [-0.05, 0) is 59.4 Å². The van der Waals surface area contributed by atoms with Gasteiger partial charge >= 0.3 is 0 Å². The van der Waals surface area contributed by atoms with Gasteiger partial charge in [-0.2, -0.15) is 0 Å². The van der Waals surface area contributed by atoms with Gasteiger partial charge in [-0.15, -0.1) is 0 Å². The van der Waals surface area contributed by atoms with Crippen molar-refractivity contribution in [3.05, 3.63) is 144 Å². The van der Waals surface area contributed by atoms with Crippen LogP contribution < -0.4 is 0 Å². The second-order valence-corrected chi connectivity index (χ2v) is 9.54. The average molecular weight is 493 g/mol. The molecule has 0 saturated carbocycles. The van der Waals surface area contributed by atoms with Crippen molar-refractivity contribution in [2.45, 2.75) is 12.8 Å². The molecule has 2 heterocycles. The fraction of sp³-hybridized carbons (Fsp3) is 0.0588. The molecule has 5 aromatic carbocycles. The van der Waals surface area contributed by atoms with Crippen molar-refractivity contribution in [2.24, 2.45) is 0 Å². The Morgan fingerprint density at radius 2 is 0.789 bits per heavy atom. The molecule has 7 rings (SSSR count). The van der Waals surface area contributed by atoms with Crippen LogP contribution in [0.15, 0.2) is 130 Å². The van der Waals surface area contributed by atoms with Crippen LogP contribution in [0.2, 0.25) is 0 Å². The summed E-state index contributed by atoms with van der Waals surface area (Å²) >= 11 is 0. The number of benzene rings is 5. The van der Waals surface area contributed by atoms with Crippen LogP contribution in [0.1, 0.15) is 22.3 Å². The molecule has 38 heavy (non-hydrogen) atoms. The quantitative estimate of drug-likeness (QED) is 0.234. The Hall–Kier alpha value is -4.96. The van der Waals surface area contributed by atoms with E-state index < -0.39 is 0 Å². The average Bonchev–Trinajstić information content (AvgIpc) is 3.57. The third kappa shape index (κ3) is 4.48. The van der Waals surface area contributed by atoms with Crippen molar-refractivity contribution in [2.75, 3.05) is 0 Å². The number of hydrogen-bond acceptors (Lipinski definition) is 4. The molecule has 0 aliphatic carbocycles. The van der Waals surface area contributed by atoms with Crippen LogP contribution in [0.5, 0.6) is 0 Å². The molecular weight excluding hydrogens is 468 g/mol. The predicted molar refractivity (Wildman–Crippen MR) is 151 cm³/mol. The van der Waals surface area contributed by atoms with E-state index in [-0.39, 0.29) is 0 Å². The summed E-state index contributed by atoms with van der Waals surface area (Å²) in [4.78, 5) is 9.45. The highest BCUT2D eigenvalue weighted by atomic mass is 16.4. The van der Waals surface area contributed by atoms with Gasteiger partial charge in [-0.25, -0.2) is 9.97 Å². The number of nitrogens with zero attached hydrogens (tertiary/aromatic N) is 2. The summed E-state index contributed by atoms with van der Waals surface area (Å²) in [5.74, 6) is 1.18. The molecule has 4 nitrogen and oxygen atoms in total. The summed E-state index contributed by atoms with van der Waals surface area (Å²) < 4.78 is 12.2.